The third kappa shape index (κ3) is 3.30. The number of fused-ring (bicyclic) bond motifs is 3. The predicted molar refractivity (Wildman–Crippen MR) is 141 cm³/mol. The summed E-state index contributed by atoms with van der Waals surface area (Å²) in [6.07, 6.45) is -0.114. The number of hydrogen-bond donors (Lipinski definition) is 5. The lowest BCUT2D eigenvalue weighted by Gasteiger charge is -2.46. The normalized spacial score (nSPS) is 30.3. The first-order chi connectivity index (χ1) is 18.8. The van der Waals surface area contributed by atoms with Gasteiger partial charge in [-0.15, -0.1) is 0 Å². The first-order valence-corrected chi connectivity index (χ1v) is 13.0. The van der Waals surface area contributed by atoms with Crippen LogP contribution in [0, 0.1) is 0 Å². The summed E-state index contributed by atoms with van der Waals surface area (Å²) in [6.45, 7) is 0.144. The fourth-order valence-corrected chi connectivity index (χ4v) is 6.83. The number of aliphatic hydroxyl groups is 1. The summed E-state index contributed by atoms with van der Waals surface area (Å²) < 4.78 is 0. The highest BCUT2D eigenvalue weighted by Gasteiger charge is 2.65. The van der Waals surface area contributed by atoms with Gasteiger partial charge >= 0.3 is 0 Å². The summed E-state index contributed by atoms with van der Waals surface area (Å²) in [5.74, 6) is -0.669. The summed E-state index contributed by atoms with van der Waals surface area (Å²) in [5, 5.41) is 17.8. The number of nitrogens with zero attached hydrogens (tertiary/aromatic N) is 4. The Morgan fingerprint density at radius 1 is 1.08 bits per heavy atom. The Morgan fingerprint density at radius 2 is 1.82 bits per heavy atom. The molecule has 2 saturated heterocycles. The number of aliphatic hydroxyl groups excluding tert-OH is 1. The zero-order valence-electron chi connectivity index (χ0n) is 21.0. The maximum Gasteiger partial charge on any atom is 0.252 e. The van der Waals surface area contributed by atoms with Crippen molar-refractivity contribution in [2.75, 3.05) is 13.1 Å². The van der Waals surface area contributed by atoms with Crippen LogP contribution in [-0.2, 0) is 16.0 Å². The fourth-order valence-electron chi connectivity index (χ4n) is 6.83. The molecular weight excluding hydrogens is 500 g/mol. The number of imide groups is 1. The number of rotatable bonds is 4. The molecule has 0 radical (unpaired) electrons. The molecule has 5 unspecified atom stereocenters. The maximum absolute atomic E-state index is 13.7. The van der Waals surface area contributed by atoms with Gasteiger partial charge < -0.3 is 32.1 Å². The number of aliphatic imine (C=N–C) groups is 2. The van der Waals surface area contributed by atoms with Crippen LogP contribution in [0.3, 0.4) is 0 Å². The van der Waals surface area contributed by atoms with Gasteiger partial charge in [0.1, 0.15) is 12.1 Å². The molecule has 12 heteroatoms. The molecule has 4 aliphatic heterocycles. The Balaban J connectivity index is 1.18. The van der Waals surface area contributed by atoms with E-state index in [1.54, 1.807) is 11.0 Å². The van der Waals surface area contributed by atoms with Crippen molar-refractivity contribution < 1.29 is 19.5 Å². The third-order valence-electron chi connectivity index (χ3n) is 8.56. The van der Waals surface area contributed by atoms with Gasteiger partial charge in [-0.2, -0.15) is 0 Å². The Bertz CT molecular complexity index is 1490. The smallest absolute Gasteiger partial charge is 0.252 e. The van der Waals surface area contributed by atoms with Crippen molar-refractivity contribution >= 4 is 29.6 Å². The first kappa shape index (κ1) is 23.7. The molecule has 2 fully saturated rings. The van der Waals surface area contributed by atoms with E-state index in [0.29, 0.717) is 5.56 Å². The summed E-state index contributed by atoms with van der Waals surface area (Å²) >= 11 is 0. The van der Waals surface area contributed by atoms with Gasteiger partial charge in [0.15, 0.2) is 17.6 Å². The Kier molecular flexibility index (Phi) is 5.02. The van der Waals surface area contributed by atoms with Gasteiger partial charge in [0.05, 0.1) is 18.6 Å². The SMILES string of the molecule is NC1=NC2C(CN3C(=O)CCC3=O)N=C(N)N3CC(NC(=O)c4cccc5c4-c4ccccc4C5)C(O)C23N1. The largest absolute Gasteiger partial charge is 0.386 e. The molecular formula is C27H28N8O4. The fraction of sp³-hybridized carbons (Fsp3) is 0.370. The van der Waals surface area contributed by atoms with Gasteiger partial charge in [0.2, 0.25) is 11.8 Å². The number of nitrogens with two attached hydrogens (primary N) is 2. The van der Waals surface area contributed by atoms with Crippen LogP contribution in [0.2, 0.25) is 0 Å². The summed E-state index contributed by atoms with van der Waals surface area (Å²) in [5.41, 5.74) is 15.9. The van der Waals surface area contributed by atoms with Crippen LogP contribution in [0.1, 0.15) is 34.3 Å². The molecule has 200 valence electrons. The van der Waals surface area contributed by atoms with E-state index in [1.165, 1.54) is 10.5 Å². The maximum atomic E-state index is 13.7. The average Bonchev–Trinajstić information content (AvgIpc) is 3.64. The second-order valence-electron chi connectivity index (χ2n) is 10.7. The van der Waals surface area contributed by atoms with Crippen LogP contribution in [-0.4, -0.2) is 87.5 Å². The number of amides is 3. The molecule has 5 aliphatic rings. The summed E-state index contributed by atoms with van der Waals surface area (Å²) in [7, 11) is 0. The van der Waals surface area contributed by atoms with Gasteiger partial charge in [0.25, 0.3) is 5.91 Å². The molecule has 0 aromatic heterocycles. The average molecular weight is 529 g/mol. The van der Waals surface area contributed by atoms with E-state index in [4.69, 9.17) is 11.5 Å². The lowest BCUT2D eigenvalue weighted by Crippen LogP contribution is -2.73. The van der Waals surface area contributed by atoms with Crippen LogP contribution in [0.5, 0.6) is 0 Å². The van der Waals surface area contributed by atoms with E-state index in [1.807, 2.05) is 30.3 Å². The molecule has 3 amide bonds. The lowest BCUT2D eigenvalue weighted by molar-refractivity contribution is -0.138. The molecule has 4 heterocycles. The quantitative estimate of drug-likeness (QED) is 0.264. The molecule has 1 aliphatic carbocycles. The highest BCUT2D eigenvalue weighted by Crippen LogP contribution is 2.41. The molecule has 5 atom stereocenters. The van der Waals surface area contributed by atoms with E-state index < -0.39 is 29.9 Å². The second-order valence-corrected chi connectivity index (χ2v) is 10.7. The van der Waals surface area contributed by atoms with Gasteiger partial charge in [-0.25, -0.2) is 9.98 Å². The number of hydrogen-bond acceptors (Lipinski definition) is 10. The van der Waals surface area contributed by atoms with Crippen molar-refractivity contribution in [1.29, 1.82) is 0 Å². The van der Waals surface area contributed by atoms with Crippen molar-refractivity contribution in [3.63, 3.8) is 0 Å². The van der Waals surface area contributed by atoms with Crippen molar-refractivity contribution in [2.24, 2.45) is 21.5 Å². The van der Waals surface area contributed by atoms with Gasteiger partial charge in [-0.05, 0) is 34.7 Å². The molecule has 2 aromatic rings. The molecule has 0 bridgehead atoms. The number of carbonyl (C=O) groups excluding carboxylic acids is 3. The van der Waals surface area contributed by atoms with E-state index in [-0.39, 0.29) is 55.6 Å². The van der Waals surface area contributed by atoms with Crippen molar-refractivity contribution in [3.05, 3.63) is 59.2 Å². The van der Waals surface area contributed by atoms with Gasteiger partial charge in [0, 0.05) is 24.9 Å². The summed E-state index contributed by atoms with van der Waals surface area (Å²) in [6, 6.07) is 11.5. The number of likely N-dealkylation sites (tertiary alicyclic amines) is 1. The van der Waals surface area contributed by atoms with Crippen molar-refractivity contribution in [2.45, 2.75) is 49.2 Å². The van der Waals surface area contributed by atoms with E-state index in [2.05, 4.69) is 26.7 Å². The standard InChI is InChI=1S/C27H28N8O4/c28-25-32-22-17(11-34-19(36)8-9-20(34)37)31-26(29)35-12-18(23(38)27(22,35)33-25)30-24(39)16-7-3-5-14-10-13-4-1-2-6-15(13)21(14)16/h1-7,17-18,22-23,38H,8-12H2,(H2,29,31)(H,30,39)(H3,28,32,33). The Hall–Kier alpha value is -4.45. The zero-order chi connectivity index (χ0) is 27.1. The number of guanidine groups is 2. The highest BCUT2D eigenvalue weighted by molar-refractivity contribution is 6.04. The number of nitrogens with one attached hydrogen (secondary N) is 2. The molecule has 39 heavy (non-hydrogen) atoms. The summed E-state index contributed by atoms with van der Waals surface area (Å²) in [4.78, 5) is 50.2. The lowest BCUT2D eigenvalue weighted by atomic mass is 9.87. The minimum absolute atomic E-state index is 0.0175. The van der Waals surface area contributed by atoms with Crippen LogP contribution >= 0.6 is 0 Å². The third-order valence-corrected chi connectivity index (χ3v) is 8.56. The topological polar surface area (TPSA) is 179 Å². The van der Waals surface area contributed by atoms with Crippen LogP contribution < -0.4 is 22.1 Å². The number of carbonyl (C=O) groups is 3. The van der Waals surface area contributed by atoms with Crippen LogP contribution in [0.15, 0.2) is 52.4 Å². The van der Waals surface area contributed by atoms with E-state index in [9.17, 15) is 19.5 Å². The molecule has 0 saturated carbocycles. The second kappa shape index (κ2) is 8.27. The Labute approximate surface area is 223 Å². The Morgan fingerprint density at radius 3 is 2.62 bits per heavy atom. The highest BCUT2D eigenvalue weighted by atomic mass is 16.3. The molecule has 7 rings (SSSR count). The van der Waals surface area contributed by atoms with E-state index in [0.717, 1.165) is 23.1 Å². The zero-order valence-corrected chi connectivity index (χ0v) is 21.0. The van der Waals surface area contributed by atoms with Crippen LogP contribution in [0.4, 0.5) is 0 Å². The minimum Gasteiger partial charge on any atom is -0.386 e. The first-order valence-electron chi connectivity index (χ1n) is 13.0. The van der Waals surface area contributed by atoms with Crippen LogP contribution in [0.25, 0.3) is 11.1 Å². The molecule has 12 nitrogen and oxygen atoms in total. The molecule has 2 aromatic carbocycles. The van der Waals surface area contributed by atoms with Crippen molar-refractivity contribution in [3.8, 4) is 11.1 Å². The van der Waals surface area contributed by atoms with Gasteiger partial charge in [-0.3, -0.25) is 19.3 Å². The molecule has 7 N–H and O–H groups in total. The van der Waals surface area contributed by atoms with Gasteiger partial charge in [-0.1, -0.05) is 36.4 Å². The number of benzene rings is 2. The monoisotopic (exact) mass is 528 g/mol. The predicted octanol–water partition coefficient (Wildman–Crippen LogP) is -1.14. The molecule has 1 spiro atoms. The minimum atomic E-state index is -1.28. The van der Waals surface area contributed by atoms with Crippen molar-refractivity contribution in [1.82, 2.24) is 20.4 Å². The van der Waals surface area contributed by atoms with E-state index >= 15 is 0 Å².